The number of aromatic nitrogens is 2. The van der Waals surface area contributed by atoms with E-state index in [1.807, 2.05) is 6.92 Å². The lowest BCUT2D eigenvalue weighted by Crippen LogP contribution is -2.43. The molecule has 6 aromatic carbocycles. The normalized spacial score (nSPS) is 17.2. The average molecular weight is 791 g/mol. The molecule has 3 heterocycles. The molecule has 0 saturated carbocycles. The standard InChI is InChI=1S/C56H44B3N3/c1-35-15-13-14-29-60(43-16-7-5-8-17-43)30-28-42(31-36(35)2)41-24-27-52-48(34-41)47-33-40(23-26-51(47)62(52)56-38(4)37(3)53(57)54(58)55(56)59)39-22-25-50-46(32-39)45-20-11-12-21-49(45)61(50)44-18-9-6-10-19-44/h5-22,24-25,27-29,31-34H,1,23,26,30H2,2-4H3/b15-13-,29-14-,36-31+,42-28+. The zero-order valence-corrected chi connectivity index (χ0v) is 35.5. The second-order valence-electron chi connectivity index (χ2n) is 16.6. The summed E-state index contributed by atoms with van der Waals surface area (Å²) in [6.07, 6.45) is 17.0. The van der Waals surface area contributed by atoms with Crippen molar-refractivity contribution >= 4 is 95.5 Å². The molecule has 1 aliphatic heterocycles. The van der Waals surface area contributed by atoms with Crippen molar-refractivity contribution in [1.29, 1.82) is 0 Å². The third-order valence-electron chi connectivity index (χ3n) is 13.0. The van der Waals surface area contributed by atoms with Gasteiger partial charge in [-0.15, -0.1) is 10.9 Å². The molecule has 2 aromatic heterocycles. The van der Waals surface area contributed by atoms with E-state index in [1.165, 1.54) is 44.2 Å². The number of allylic oxidation sites excluding steroid dienone is 8. The van der Waals surface area contributed by atoms with Gasteiger partial charge < -0.3 is 14.0 Å². The first-order valence-electron chi connectivity index (χ1n) is 21.3. The Bertz CT molecular complexity index is 3250. The Labute approximate surface area is 368 Å². The largest absolute Gasteiger partial charge is 0.344 e. The predicted molar refractivity (Wildman–Crippen MR) is 269 cm³/mol. The minimum Gasteiger partial charge on any atom is -0.344 e. The van der Waals surface area contributed by atoms with E-state index in [-0.39, 0.29) is 0 Å². The Hall–Kier alpha value is -6.91. The number of nitrogens with zero attached hydrogens (tertiary/aromatic N) is 3. The van der Waals surface area contributed by atoms with Crippen molar-refractivity contribution in [3.05, 3.63) is 209 Å². The second kappa shape index (κ2) is 15.8. The van der Waals surface area contributed by atoms with Crippen LogP contribution in [-0.4, -0.2) is 39.2 Å². The summed E-state index contributed by atoms with van der Waals surface area (Å²) < 4.78 is 4.73. The Kier molecular flexibility index (Phi) is 10.0. The maximum absolute atomic E-state index is 6.95. The van der Waals surface area contributed by atoms with E-state index in [0.29, 0.717) is 22.9 Å². The number of hydrogen-bond acceptors (Lipinski definition) is 1. The van der Waals surface area contributed by atoms with Crippen molar-refractivity contribution < 1.29 is 0 Å². The maximum atomic E-state index is 6.95. The molecular weight excluding hydrogens is 747 g/mol. The monoisotopic (exact) mass is 791 g/mol. The quantitative estimate of drug-likeness (QED) is 0.158. The average Bonchev–Trinajstić information content (AvgIpc) is 3.80. The summed E-state index contributed by atoms with van der Waals surface area (Å²) in [7, 11) is 20.1. The summed E-state index contributed by atoms with van der Waals surface area (Å²) in [6, 6.07) is 43.7. The van der Waals surface area contributed by atoms with Crippen LogP contribution in [-0.2, 0) is 6.42 Å². The lowest BCUT2D eigenvalue weighted by Gasteiger charge is -2.24. The number of rotatable bonds is 5. The summed E-state index contributed by atoms with van der Waals surface area (Å²) in [5, 5.41) is 3.64. The van der Waals surface area contributed by atoms with Gasteiger partial charge in [0.05, 0.1) is 16.6 Å². The van der Waals surface area contributed by atoms with Gasteiger partial charge in [-0.2, -0.15) is 0 Å². The third kappa shape index (κ3) is 6.66. The van der Waals surface area contributed by atoms with Gasteiger partial charge in [-0.1, -0.05) is 109 Å². The van der Waals surface area contributed by atoms with Crippen LogP contribution in [0.15, 0.2) is 176 Å². The number of anilines is 1. The highest BCUT2D eigenvalue weighted by Crippen LogP contribution is 2.42. The summed E-state index contributed by atoms with van der Waals surface area (Å²) in [4.78, 5) is 2.26. The van der Waals surface area contributed by atoms with Gasteiger partial charge in [-0.05, 0) is 139 Å². The molecular formula is C56H44B3N3. The molecule has 0 atom stereocenters. The van der Waals surface area contributed by atoms with Crippen molar-refractivity contribution in [2.75, 3.05) is 11.4 Å². The first kappa shape index (κ1) is 39.2. The molecule has 292 valence electrons. The Balaban J connectivity index is 1.18. The first-order chi connectivity index (χ1) is 30.2. The highest BCUT2D eigenvalue weighted by Gasteiger charge is 2.26. The van der Waals surface area contributed by atoms with Crippen LogP contribution in [0.1, 0.15) is 46.9 Å². The summed E-state index contributed by atoms with van der Waals surface area (Å²) in [5.41, 5.74) is 19.4. The van der Waals surface area contributed by atoms with Gasteiger partial charge in [0.25, 0.3) is 0 Å². The van der Waals surface area contributed by atoms with Crippen molar-refractivity contribution in [3.8, 4) is 11.4 Å². The Morgan fingerprint density at radius 3 is 2.00 bits per heavy atom. The van der Waals surface area contributed by atoms with Crippen molar-refractivity contribution in [2.24, 2.45) is 0 Å². The lowest BCUT2D eigenvalue weighted by molar-refractivity contribution is 0.896. The van der Waals surface area contributed by atoms with Crippen molar-refractivity contribution in [2.45, 2.75) is 33.6 Å². The van der Waals surface area contributed by atoms with E-state index >= 15 is 0 Å². The molecule has 10 rings (SSSR count). The molecule has 1 aliphatic carbocycles. The Morgan fingerprint density at radius 2 is 1.23 bits per heavy atom. The molecule has 3 nitrogen and oxygen atoms in total. The molecule has 2 aliphatic rings. The maximum Gasteiger partial charge on any atom is 0.115 e. The van der Waals surface area contributed by atoms with Gasteiger partial charge in [-0.3, -0.25) is 0 Å². The minimum absolute atomic E-state index is 0.430. The first-order valence-corrected chi connectivity index (χ1v) is 21.3. The van der Waals surface area contributed by atoms with Gasteiger partial charge >= 0.3 is 0 Å². The minimum atomic E-state index is 0.430. The second-order valence-corrected chi connectivity index (χ2v) is 16.6. The van der Waals surface area contributed by atoms with Crippen LogP contribution >= 0.6 is 0 Å². The van der Waals surface area contributed by atoms with Gasteiger partial charge in [0, 0.05) is 57.2 Å². The SMILES string of the molecule is [B]c1c([B])c(C)c(C)c(-n2c3c(c4cc(C5=C/CN(c6ccccc6)/C=C\C=C/C(=C)\C(C)=C\5)ccc42)C=C(c2ccc4c(c2)c2ccccc2n4-c2ccccc2)CC3)c1[B]. The van der Waals surface area contributed by atoms with Crippen LogP contribution in [0, 0.1) is 13.8 Å². The summed E-state index contributed by atoms with van der Waals surface area (Å²) in [6.45, 7) is 11.4. The number of para-hydroxylation sites is 3. The van der Waals surface area contributed by atoms with E-state index < -0.39 is 0 Å². The zero-order valence-electron chi connectivity index (χ0n) is 35.5. The summed E-state index contributed by atoms with van der Waals surface area (Å²) in [5.74, 6) is 0. The van der Waals surface area contributed by atoms with Crippen LogP contribution in [0.4, 0.5) is 5.69 Å². The van der Waals surface area contributed by atoms with Crippen LogP contribution in [0.25, 0.3) is 61.3 Å². The van der Waals surface area contributed by atoms with E-state index in [4.69, 9.17) is 23.5 Å². The molecule has 0 saturated heterocycles. The zero-order chi connectivity index (χ0) is 42.6. The number of hydrogen-bond donors (Lipinski definition) is 0. The van der Waals surface area contributed by atoms with Gasteiger partial charge in [0.2, 0.25) is 0 Å². The third-order valence-corrected chi connectivity index (χ3v) is 13.0. The summed E-state index contributed by atoms with van der Waals surface area (Å²) >= 11 is 0. The van der Waals surface area contributed by atoms with Crippen LogP contribution in [0.3, 0.4) is 0 Å². The smallest absolute Gasteiger partial charge is 0.115 e. The van der Waals surface area contributed by atoms with E-state index in [0.717, 1.165) is 74.2 Å². The number of benzene rings is 6. The van der Waals surface area contributed by atoms with Crippen molar-refractivity contribution in [3.63, 3.8) is 0 Å². The molecule has 62 heavy (non-hydrogen) atoms. The molecule has 0 fully saturated rings. The fraction of sp³-hybridized carbons (Fsp3) is 0.107. The predicted octanol–water partition coefficient (Wildman–Crippen LogP) is 10.7. The van der Waals surface area contributed by atoms with Crippen LogP contribution < -0.4 is 21.3 Å². The molecule has 0 N–H and O–H groups in total. The van der Waals surface area contributed by atoms with Crippen LogP contribution in [0.2, 0.25) is 0 Å². The van der Waals surface area contributed by atoms with E-state index in [9.17, 15) is 0 Å². The molecule has 0 bridgehead atoms. The topological polar surface area (TPSA) is 13.1 Å². The van der Waals surface area contributed by atoms with E-state index in [2.05, 4.69) is 198 Å². The molecule has 0 spiro atoms. The van der Waals surface area contributed by atoms with Gasteiger partial charge in [0.15, 0.2) is 0 Å². The fourth-order valence-electron chi connectivity index (χ4n) is 9.42. The lowest BCUT2D eigenvalue weighted by atomic mass is 9.68. The Morgan fingerprint density at radius 1 is 0.565 bits per heavy atom. The van der Waals surface area contributed by atoms with Crippen molar-refractivity contribution in [1.82, 2.24) is 9.13 Å². The highest BCUT2D eigenvalue weighted by molar-refractivity contribution is 6.58. The molecule has 6 radical (unpaired) electrons. The highest BCUT2D eigenvalue weighted by atomic mass is 15.1. The molecule has 6 heteroatoms. The fourth-order valence-corrected chi connectivity index (χ4v) is 9.42. The number of fused-ring (bicyclic) bond motifs is 6. The van der Waals surface area contributed by atoms with E-state index in [1.54, 1.807) is 0 Å². The molecule has 8 aromatic rings. The molecule has 0 unspecified atom stereocenters. The van der Waals surface area contributed by atoms with Crippen LogP contribution in [0.5, 0.6) is 0 Å². The molecule has 0 amide bonds. The van der Waals surface area contributed by atoms with Gasteiger partial charge in [0.1, 0.15) is 23.5 Å². The van der Waals surface area contributed by atoms with Gasteiger partial charge in [-0.25, -0.2) is 0 Å².